The Morgan fingerprint density at radius 3 is 2.38 bits per heavy atom. The number of fused-ring (bicyclic) bond motifs is 1. The Morgan fingerprint density at radius 2 is 1.73 bits per heavy atom. The number of amides is 1. The monoisotopic (exact) mass is 498 g/mol. The van der Waals surface area contributed by atoms with E-state index in [1.807, 2.05) is 42.5 Å². The van der Waals surface area contributed by atoms with Crippen LogP contribution < -0.4 is 19.5 Å². The number of nitrogens with zero attached hydrogens (tertiary/aromatic N) is 3. The van der Waals surface area contributed by atoms with Crippen LogP contribution in [-0.4, -0.2) is 42.0 Å². The minimum absolute atomic E-state index is 0.251. The molecular weight excluding hydrogens is 472 g/mol. The molecule has 0 saturated carbocycles. The highest BCUT2D eigenvalue weighted by Crippen LogP contribution is 2.38. The van der Waals surface area contributed by atoms with Crippen LogP contribution in [0.3, 0.4) is 0 Å². The summed E-state index contributed by atoms with van der Waals surface area (Å²) in [5, 5.41) is 8.15. The van der Waals surface area contributed by atoms with Crippen LogP contribution in [-0.2, 0) is 13.1 Å². The standard InChI is InChI=1S/C28H26N4O5/c1-34-24-12-18(13-25(35-2)26(24)36-3)15-29-28(33)21-14-23(19-8-5-4-6-9-19)31-27-22(21)16-30-32(27)17-20-10-7-11-37-20/h4-14,16H,15,17H2,1-3H3,(H,29,33). The van der Waals surface area contributed by atoms with Crippen molar-refractivity contribution in [3.05, 3.63) is 90.0 Å². The molecule has 0 bridgehead atoms. The van der Waals surface area contributed by atoms with Crippen molar-refractivity contribution in [1.82, 2.24) is 20.1 Å². The smallest absolute Gasteiger partial charge is 0.252 e. The minimum Gasteiger partial charge on any atom is -0.493 e. The molecule has 1 amide bonds. The largest absolute Gasteiger partial charge is 0.493 e. The molecule has 1 N–H and O–H groups in total. The summed E-state index contributed by atoms with van der Waals surface area (Å²) in [7, 11) is 4.66. The Hall–Kier alpha value is -4.79. The van der Waals surface area contributed by atoms with E-state index in [0.717, 1.165) is 16.9 Å². The molecule has 0 aliphatic heterocycles. The fourth-order valence-electron chi connectivity index (χ4n) is 4.17. The van der Waals surface area contributed by atoms with Crippen molar-refractivity contribution in [1.29, 1.82) is 0 Å². The number of furan rings is 1. The van der Waals surface area contributed by atoms with Crippen LogP contribution in [0.5, 0.6) is 17.2 Å². The maximum Gasteiger partial charge on any atom is 0.252 e. The van der Waals surface area contributed by atoms with Crippen LogP contribution in [0.1, 0.15) is 21.7 Å². The molecule has 3 heterocycles. The fourth-order valence-corrected chi connectivity index (χ4v) is 4.17. The molecular formula is C28H26N4O5. The van der Waals surface area contributed by atoms with Crippen LogP contribution in [0.15, 0.2) is 77.5 Å². The van der Waals surface area contributed by atoms with Gasteiger partial charge in [-0.1, -0.05) is 30.3 Å². The van der Waals surface area contributed by atoms with E-state index >= 15 is 0 Å². The highest BCUT2D eigenvalue weighted by molar-refractivity contribution is 6.06. The van der Waals surface area contributed by atoms with Gasteiger partial charge in [-0.3, -0.25) is 4.79 Å². The van der Waals surface area contributed by atoms with Crippen molar-refractivity contribution in [3.8, 4) is 28.5 Å². The summed E-state index contributed by atoms with van der Waals surface area (Å²) >= 11 is 0. The lowest BCUT2D eigenvalue weighted by Gasteiger charge is -2.15. The van der Waals surface area contributed by atoms with E-state index in [-0.39, 0.29) is 12.5 Å². The second-order valence-corrected chi connectivity index (χ2v) is 8.26. The lowest BCUT2D eigenvalue weighted by Crippen LogP contribution is -2.23. The van der Waals surface area contributed by atoms with E-state index in [1.54, 1.807) is 56.7 Å². The van der Waals surface area contributed by atoms with Crippen molar-refractivity contribution in [2.75, 3.05) is 21.3 Å². The molecule has 0 atom stereocenters. The molecule has 0 unspecified atom stereocenters. The van der Waals surface area contributed by atoms with Gasteiger partial charge in [-0.05, 0) is 35.9 Å². The number of methoxy groups -OCH3 is 3. The molecule has 0 fully saturated rings. The van der Waals surface area contributed by atoms with Crippen molar-refractivity contribution in [2.24, 2.45) is 0 Å². The van der Waals surface area contributed by atoms with Gasteiger partial charge in [0.25, 0.3) is 5.91 Å². The normalized spacial score (nSPS) is 10.9. The number of aromatic nitrogens is 3. The van der Waals surface area contributed by atoms with E-state index in [4.69, 9.17) is 23.6 Å². The molecule has 0 aliphatic carbocycles. The summed E-state index contributed by atoms with van der Waals surface area (Å²) in [6.07, 6.45) is 3.28. The molecule has 0 saturated heterocycles. The Balaban J connectivity index is 1.50. The molecule has 2 aromatic carbocycles. The number of carbonyl (C=O) groups excluding carboxylic acids is 1. The average Bonchev–Trinajstić information content (AvgIpc) is 3.61. The van der Waals surface area contributed by atoms with Gasteiger partial charge in [-0.15, -0.1) is 0 Å². The molecule has 5 aromatic rings. The summed E-state index contributed by atoms with van der Waals surface area (Å²) in [4.78, 5) is 18.3. The third kappa shape index (κ3) is 4.84. The Bertz CT molecular complexity index is 1500. The number of pyridine rings is 1. The first kappa shape index (κ1) is 23.9. The number of nitrogens with one attached hydrogen (secondary N) is 1. The average molecular weight is 499 g/mol. The second-order valence-electron chi connectivity index (χ2n) is 8.26. The van der Waals surface area contributed by atoms with Crippen molar-refractivity contribution in [2.45, 2.75) is 13.1 Å². The van der Waals surface area contributed by atoms with E-state index in [0.29, 0.717) is 46.1 Å². The van der Waals surface area contributed by atoms with Gasteiger partial charge in [0.1, 0.15) is 12.3 Å². The predicted octanol–water partition coefficient (Wildman–Crippen LogP) is 4.70. The van der Waals surface area contributed by atoms with Gasteiger partial charge in [0, 0.05) is 12.1 Å². The van der Waals surface area contributed by atoms with E-state index in [1.165, 1.54) is 0 Å². The first-order chi connectivity index (χ1) is 18.1. The fraction of sp³-hybridized carbons (Fsp3) is 0.179. The van der Waals surface area contributed by atoms with Crippen LogP contribution in [0.25, 0.3) is 22.3 Å². The van der Waals surface area contributed by atoms with E-state index < -0.39 is 0 Å². The van der Waals surface area contributed by atoms with Gasteiger partial charge >= 0.3 is 0 Å². The second kappa shape index (κ2) is 10.4. The van der Waals surface area contributed by atoms with E-state index in [9.17, 15) is 4.79 Å². The Morgan fingerprint density at radius 1 is 0.973 bits per heavy atom. The van der Waals surface area contributed by atoms with Gasteiger partial charge in [-0.2, -0.15) is 5.10 Å². The minimum atomic E-state index is -0.254. The van der Waals surface area contributed by atoms with Gasteiger partial charge in [-0.25, -0.2) is 9.67 Å². The third-order valence-corrected chi connectivity index (χ3v) is 5.99. The quantitative estimate of drug-likeness (QED) is 0.314. The van der Waals surface area contributed by atoms with Gasteiger partial charge in [0.2, 0.25) is 5.75 Å². The molecule has 0 radical (unpaired) electrons. The molecule has 3 aromatic heterocycles. The molecule has 188 valence electrons. The zero-order chi connectivity index (χ0) is 25.8. The third-order valence-electron chi connectivity index (χ3n) is 5.99. The summed E-state index contributed by atoms with van der Waals surface area (Å²) in [6, 6.07) is 18.8. The number of carbonyl (C=O) groups is 1. The molecule has 0 spiro atoms. The van der Waals surface area contributed by atoms with Gasteiger partial charge < -0.3 is 23.9 Å². The zero-order valence-electron chi connectivity index (χ0n) is 20.7. The molecule has 9 heteroatoms. The number of hydrogen-bond acceptors (Lipinski definition) is 7. The number of hydrogen-bond donors (Lipinski definition) is 1. The first-order valence-corrected chi connectivity index (χ1v) is 11.6. The summed E-state index contributed by atoms with van der Waals surface area (Å²) in [5.41, 5.74) is 3.43. The van der Waals surface area contributed by atoms with Crippen molar-refractivity contribution in [3.63, 3.8) is 0 Å². The predicted molar refractivity (Wildman–Crippen MR) is 138 cm³/mol. The number of benzene rings is 2. The summed E-state index contributed by atoms with van der Waals surface area (Å²) in [5.74, 6) is 2.01. The van der Waals surface area contributed by atoms with Crippen LogP contribution in [0.2, 0.25) is 0 Å². The maximum atomic E-state index is 13.5. The van der Waals surface area contributed by atoms with Crippen LogP contribution in [0, 0.1) is 0 Å². The summed E-state index contributed by atoms with van der Waals surface area (Å²) in [6.45, 7) is 0.648. The first-order valence-electron chi connectivity index (χ1n) is 11.6. The lowest BCUT2D eigenvalue weighted by atomic mass is 10.1. The molecule has 37 heavy (non-hydrogen) atoms. The molecule has 9 nitrogen and oxygen atoms in total. The van der Waals surface area contributed by atoms with Crippen LogP contribution in [0.4, 0.5) is 0 Å². The van der Waals surface area contributed by atoms with Crippen molar-refractivity contribution < 1.29 is 23.4 Å². The van der Waals surface area contributed by atoms with Crippen LogP contribution >= 0.6 is 0 Å². The van der Waals surface area contributed by atoms with Crippen molar-refractivity contribution >= 4 is 16.9 Å². The van der Waals surface area contributed by atoms with E-state index in [2.05, 4.69) is 10.4 Å². The summed E-state index contributed by atoms with van der Waals surface area (Å²) < 4.78 is 23.5. The van der Waals surface area contributed by atoms with Gasteiger partial charge in [0.15, 0.2) is 17.1 Å². The molecule has 0 aliphatic rings. The SMILES string of the molecule is COc1cc(CNC(=O)c2cc(-c3ccccc3)nc3c2cnn3Cc2ccco2)cc(OC)c1OC. The zero-order valence-corrected chi connectivity index (χ0v) is 20.7. The number of rotatable bonds is 9. The Labute approximate surface area is 213 Å². The highest BCUT2D eigenvalue weighted by atomic mass is 16.5. The lowest BCUT2D eigenvalue weighted by molar-refractivity contribution is 0.0952. The molecule has 5 rings (SSSR count). The topological polar surface area (TPSA) is 101 Å². The highest BCUT2D eigenvalue weighted by Gasteiger charge is 2.19. The van der Waals surface area contributed by atoms with Gasteiger partial charge in [0.05, 0.1) is 50.4 Å². The maximum absolute atomic E-state index is 13.5. The number of ether oxygens (including phenoxy) is 3. The Kier molecular flexibility index (Phi) is 6.76.